The lowest BCUT2D eigenvalue weighted by molar-refractivity contribution is -0.180. The highest BCUT2D eigenvalue weighted by molar-refractivity contribution is 6.03. The zero-order chi connectivity index (χ0) is 17.0. The second-order valence-corrected chi connectivity index (χ2v) is 5.38. The maximum absolute atomic E-state index is 13.9. The molecule has 23 heavy (non-hydrogen) atoms. The van der Waals surface area contributed by atoms with Gasteiger partial charge in [0, 0.05) is 18.9 Å². The van der Waals surface area contributed by atoms with Gasteiger partial charge in [-0.15, -0.1) is 0 Å². The van der Waals surface area contributed by atoms with Crippen LogP contribution in [0.4, 0.5) is 10.1 Å². The summed E-state index contributed by atoms with van der Waals surface area (Å²) >= 11 is 0. The van der Waals surface area contributed by atoms with E-state index in [1.807, 2.05) is 13.8 Å². The molecule has 0 unspecified atom stereocenters. The van der Waals surface area contributed by atoms with Crippen LogP contribution >= 0.6 is 0 Å². The van der Waals surface area contributed by atoms with Crippen LogP contribution in [0.3, 0.4) is 0 Å². The molecule has 1 aromatic rings. The van der Waals surface area contributed by atoms with Crippen molar-refractivity contribution in [2.24, 2.45) is 5.92 Å². The number of halogens is 1. The van der Waals surface area contributed by atoms with E-state index in [2.05, 4.69) is 0 Å². The summed E-state index contributed by atoms with van der Waals surface area (Å²) in [5, 5.41) is 0. The fourth-order valence-electron chi connectivity index (χ4n) is 2.91. The number of anilines is 1. The Morgan fingerprint density at radius 1 is 1.17 bits per heavy atom. The Morgan fingerprint density at radius 3 is 2.17 bits per heavy atom. The van der Waals surface area contributed by atoms with Crippen molar-refractivity contribution in [2.45, 2.75) is 39.3 Å². The van der Waals surface area contributed by atoms with Gasteiger partial charge in [0.2, 0.25) is 5.91 Å². The first-order valence-electron chi connectivity index (χ1n) is 7.89. The van der Waals surface area contributed by atoms with Crippen LogP contribution in [0.15, 0.2) is 24.3 Å². The standard InChI is InChI=1S/C17H24FNO4/c1-5-22-17(23-6-2)15-14(11(3)18)16(20)19(15)12-7-9-13(21-4)10-8-12/h7-11,14-15,17H,5-6H2,1-4H3/t11-,14-,15-/m1/s1. The minimum atomic E-state index is -1.26. The maximum Gasteiger partial charge on any atom is 0.235 e. The van der Waals surface area contributed by atoms with Gasteiger partial charge < -0.3 is 19.1 Å². The summed E-state index contributed by atoms with van der Waals surface area (Å²) in [6.07, 6.45) is -1.90. The number of methoxy groups -OCH3 is 1. The Balaban J connectivity index is 2.29. The molecule has 0 spiro atoms. The molecule has 1 amide bonds. The first kappa shape index (κ1) is 17.7. The highest BCUT2D eigenvalue weighted by atomic mass is 19.1. The summed E-state index contributed by atoms with van der Waals surface area (Å²) in [6.45, 7) is 5.95. The van der Waals surface area contributed by atoms with Gasteiger partial charge in [0.1, 0.15) is 18.0 Å². The highest BCUT2D eigenvalue weighted by Gasteiger charge is 2.55. The van der Waals surface area contributed by atoms with E-state index in [1.165, 1.54) is 6.92 Å². The minimum absolute atomic E-state index is 0.250. The molecule has 0 aromatic heterocycles. The van der Waals surface area contributed by atoms with Gasteiger partial charge in [0.05, 0.1) is 13.0 Å². The van der Waals surface area contributed by atoms with E-state index in [0.717, 1.165) is 0 Å². The second kappa shape index (κ2) is 7.75. The molecular weight excluding hydrogens is 301 g/mol. The van der Waals surface area contributed by atoms with Crippen LogP contribution in [0.5, 0.6) is 5.75 Å². The van der Waals surface area contributed by atoms with Gasteiger partial charge in [-0.2, -0.15) is 0 Å². The van der Waals surface area contributed by atoms with Gasteiger partial charge in [0.15, 0.2) is 6.29 Å². The Labute approximate surface area is 136 Å². The van der Waals surface area contributed by atoms with Crippen molar-refractivity contribution in [1.82, 2.24) is 0 Å². The molecule has 5 nitrogen and oxygen atoms in total. The number of hydrogen-bond donors (Lipinski definition) is 0. The van der Waals surface area contributed by atoms with E-state index in [-0.39, 0.29) is 5.91 Å². The van der Waals surface area contributed by atoms with Crippen molar-refractivity contribution in [1.29, 1.82) is 0 Å². The van der Waals surface area contributed by atoms with Crippen LogP contribution in [-0.4, -0.2) is 44.7 Å². The summed E-state index contributed by atoms with van der Waals surface area (Å²) in [6, 6.07) is 6.61. The average Bonchev–Trinajstić information content (AvgIpc) is 2.52. The monoisotopic (exact) mass is 325 g/mol. The zero-order valence-electron chi connectivity index (χ0n) is 14.0. The summed E-state index contributed by atoms with van der Waals surface area (Å²) in [5.41, 5.74) is 0.683. The number of benzene rings is 1. The van der Waals surface area contributed by atoms with Gasteiger partial charge in [-0.25, -0.2) is 4.39 Å². The molecule has 0 bridgehead atoms. The van der Waals surface area contributed by atoms with Crippen molar-refractivity contribution < 1.29 is 23.4 Å². The molecule has 0 saturated carbocycles. The van der Waals surface area contributed by atoms with Gasteiger partial charge in [-0.1, -0.05) is 0 Å². The number of amides is 1. The number of carbonyl (C=O) groups is 1. The fraction of sp³-hybridized carbons (Fsp3) is 0.588. The van der Waals surface area contributed by atoms with Crippen molar-refractivity contribution in [2.75, 3.05) is 25.2 Å². The van der Waals surface area contributed by atoms with E-state index in [4.69, 9.17) is 14.2 Å². The molecular formula is C17H24FNO4. The SMILES string of the molecule is CCOC(OCC)[C@H]1[C@@H]([C@@H](C)F)C(=O)N1c1ccc(OC)cc1. The minimum Gasteiger partial charge on any atom is -0.497 e. The van der Waals surface area contributed by atoms with E-state index in [0.29, 0.717) is 24.7 Å². The fourth-order valence-corrected chi connectivity index (χ4v) is 2.91. The predicted octanol–water partition coefficient (Wildman–Crippen LogP) is 2.78. The topological polar surface area (TPSA) is 48.0 Å². The van der Waals surface area contributed by atoms with Crippen LogP contribution < -0.4 is 9.64 Å². The average molecular weight is 325 g/mol. The number of alkyl halides is 1. The molecule has 128 valence electrons. The Bertz CT molecular complexity index is 514. The number of nitrogens with zero attached hydrogens (tertiary/aromatic N) is 1. The third-order valence-corrected chi connectivity index (χ3v) is 3.97. The van der Waals surface area contributed by atoms with Crippen LogP contribution in [0.1, 0.15) is 20.8 Å². The van der Waals surface area contributed by atoms with Crippen LogP contribution in [0, 0.1) is 5.92 Å². The lowest BCUT2D eigenvalue weighted by Crippen LogP contribution is -2.69. The van der Waals surface area contributed by atoms with Crippen molar-refractivity contribution in [3.05, 3.63) is 24.3 Å². The largest absolute Gasteiger partial charge is 0.497 e. The Morgan fingerprint density at radius 2 is 1.74 bits per heavy atom. The molecule has 6 heteroatoms. The third kappa shape index (κ3) is 3.48. The second-order valence-electron chi connectivity index (χ2n) is 5.38. The number of carbonyl (C=O) groups excluding carboxylic acids is 1. The molecule has 0 aliphatic carbocycles. The molecule has 1 saturated heterocycles. The summed E-state index contributed by atoms with van der Waals surface area (Å²) < 4.78 is 30.3. The number of ether oxygens (including phenoxy) is 3. The summed E-state index contributed by atoms with van der Waals surface area (Å²) in [4.78, 5) is 14.0. The lowest BCUT2D eigenvalue weighted by Gasteiger charge is -2.50. The van der Waals surface area contributed by atoms with Gasteiger partial charge in [-0.3, -0.25) is 4.79 Å². The molecule has 1 aromatic carbocycles. The molecule has 0 radical (unpaired) electrons. The van der Waals surface area contributed by atoms with Crippen molar-refractivity contribution in [3.8, 4) is 5.75 Å². The first-order valence-corrected chi connectivity index (χ1v) is 7.89. The lowest BCUT2D eigenvalue weighted by atomic mass is 9.82. The van der Waals surface area contributed by atoms with E-state index in [1.54, 1.807) is 36.3 Å². The van der Waals surface area contributed by atoms with E-state index < -0.39 is 24.4 Å². The van der Waals surface area contributed by atoms with Crippen LogP contribution in [0.25, 0.3) is 0 Å². The number of β-lactam (4-membered cyclic amide) rings is 1. The Kier molecular flexibility index (Phi) is 5.96. The Hall–Kier alpha value is -1.66. The smallest absolute Gasteiger partial charge is 0.235 e. The van der Waals surface area contributed by atoms with Crippen LogP contribution in [0.2, 0.25) is 0 Å². The van der Waals surface area contributed by atoms with Crippen molar-refractivity contribution >= 4 is 11.6 Å². The quantitative estimate of drug-likeness (QED) is 0.545. The molecule has 1 fully saturated rings. The molecule has 0 N–H and O–H groups in total. The molecule has 1 aliphatic rings. The number of hydrogen-bond acceptors (Lipinski definition) is 4. The van der Waals surface area contributed by atoms with Gasteiger partial charge >= 0.3 is 0 Å². The summed E-state index contributed by atoms with van der Waals surface area (Å²) in [5.74, 6) is -0.306. The first-order chi connectivity index (χ1) is 11.0. The summed E-state index contributed by atoms with van der Waals surface area (Å²) in [7, 11) is 1.58. The third-order valence-electron chi connectivity index (χ3n) is 3.97. The normalized spacial score (nSPS) is 22.2. The molecule has 2 rings (SSSR count). The molecule has 1 heterocycles. The highest BCUT2D eigenvalue weighted by Crippen LogP contribution is 2.39. The van der Waals surface area contributed by atoms with Crippen molar-refractivity contribution in [3.63, 3.8) is 0 Å². The van der Waals surface area contributed by atoms with Gasteiger partial charge in [0.25, 0.3) is 0 Å². The van der Waals surface area contributed by atoms with E-state index in [9.17, 15) is 9.18 Å². The number of rotatable bonds is 8. The van der Waals surface area contributed by atoms with Crippen LogP contribution in [-0.2, 0) is 14.3 Å². The predicted molar refractivity (Wildman–Crippen MR) is 85.4 cm³/mol. The zero-order valence-corrected chi connectivity index (χ0v) is 14.0. The maximum atomic E-state index is 13.9. The van der Waals surface area contributed by atoms with E-state index >= 15 is 0 Å². The van der Waals surface area contributed by atoms with Gasteiger partial charge in [-0.05, 0) is 45.0 Å². The molecule has 3 atom stereocenters. The molecule has 1 aliphatic heterocycles.